The van der Waals surface area contributed by atoms with Gasteiger partial charge in [-0.05, 0) is 37.1 Å². The Morgan fingerprint density at radius 2 is 1.67 bits per heavy atom. The molecule has 0 aliphatic carbocycles. The van der Waals surface area contributed by atoms with Gasteiger partial charge in [0.15, 0.2) is 5.78 Å². The zero-order chi connectivity index (χ0) is 14.8. The molecule has 0 spiro atoms. The van der Waals surface area contributed by atoms with Gasteiger partial charge in [0, 0.05) is 43.2 Å². The lowest BCUT2D eigenvalue weighted by molar-refractivity contribution is -0.133. The van der Waals surface area contributed by atoms with E-state index in [1.165, 1.54) is 0 Å². The summed E-state index contributed by atoms with van der Waals surface area (Å²) in [6.45, 7) is 3.49. The summed E-state index contributed by atoms with van der Waals surface area (Å²) in [6, 6.07) is 6.59. The molecular formula is C16H19ClN2O2. The summed E-state index contributed by atoms with van der Waals surface area (Å²) in [5.74, 6) is 0.128. The van der Waals surface area contributed by atoms with Crippen LogP contribution < -0.4 is 0 Å². The fourth-order valence-corrected chi connectivity index (χ4v) is 2.95. The Kier molecular flexibility index (Phi) is 4.27. The van der Waals surface area contributed by atoms with Crippen LogP contribution in [0.1, 0.15) is 29.6 Å². The molecule has 0 aromatic heterocycles. The third-order valence-corrected chi connectivity index (χ3v) is 4.42. The maximum Gasteiger partial charge on any atom is 0.240 e. The first-order valence-corrected chi connectivity index (χ1v) is 7.84. The number of benzene rings is 1. The molecule has 2 heterocycles. The Labute approximate surface area is 129 Å². The number of nitrogens with zero attached hydrogens (tertiary/aromatic N) is 2. The zero-order valence-electron chi connectivity index (χ0n) is 11.9. The van der Waals surface area contributed by atoms with E-state index in [-0.39, 0.29) is 24.2 Å². The van der Waals surface area contributed by atoms with Crippen molar-refractivity contribution in [2.24, 2.45) is 0 Å². The van der Waals surface area contributed by atoms with Gasteiger partial charge < -0.3 is 4.90 Å². The SMILES string of the molecule is O=C(CC(C(=O)N1CCCC1)N1CC1)c1ccc(Cl)cc1. The molecule has 112 valence electrons. The number of hydrogen-bond acceptors (Lipinski definition) is 3. The third kappa shape index (κ3) is 3.44. The molecule has 2 fully saturated rings. The Bertz CT molecular complexity index is 534. The van der Waals surface area contributed by atoms with Crippen LogP contribution in [0.5, 0.6) is 0 Å². The summed E-state index contributed by atoms with van der Waals surface area (Å²) < 4.78 is 0. The van der Waals surface area contributed by atoms with Gasteiger partial charge in [0.2, 0.25) is 5.91 Å². The summed E-state index contributed by atoms with van der Waals surface area (Å²) >= 11 is 5.84. The number of ketones is 1. The first-order valence-electron chi connectivity index (χ1n) is 7.47. The second-order valence-electron chi connectivity index (χ2n) is 5.72. The quantitative estimate of drug-likeness (QED) is 0.618. The maximum absolute atomic E-state index is 12.6. The lowest BCUT2D eigenvalue weighted by atomic mass is 10.0. The van der Waals surface area contributed by atoms with Crippen molar-refractivity contribution in [1.82, 2.24) is 9.80 Å². The van der Waals surface area contributed by atoms with Crippen molar-refractivity contribution in [2.45, 2.75) is 25.3 Å². The first-order chi connectivity index (χ1) is 10.1. The van der Waals surface area contributed by atoms with E-state index >= 15 is 0 Å². The highest BCUT2D eigenvalue weighted by Gasteiger charge is 2.37. The highest BCUT2D eigenvalue weighted by Crippen LogP contribution is 2.21. The van der Waals surface area contributed by atoms with Crippen LogP contribution >= 0.6 is 11.6 Å². The molecule has 0 N–H and O–H groups in total. The van der Waals surface area contributed by atoms with Crippen LogP contribution in [0.3, 0.4) is 0 Å². The van der Waals surface area contributed by atoms with E-state index < -0.39 is 0 Å². The Morgan fingerprint density at radius 3 is 2.24 bits per heavy atom. The fraction of sp³-hybridized carbons (Fsp3) is 0.500. The van der Waals surface area contributed by atoms with Crippen molar-refractivity contribution in [3.63, 3.8) is 0 Å². The maximum atomic E-state index is 12.6. The number of carbonyl (C=O) groups is 2. The van der Waals surface area contributed by atoms with Crippen molar-refractivity contribution in [1.29, 1.82) is 0 Å². The first kappa shape index (κ1) is 14.5. The second-order valence-corrected chi connectivity index (χ2v) is 6.15. The molecule has 0 bridgehead atoms. The Balaban J connectivity index is 1.68. The van der Waals surface area contributed by atoms with E-state index in [0.717, 1.165) is 39.0 Å². The van der Waals surface area contributed by atoms with Crippen LogP contribution in [0.2, 0.25) is 5.02 Å². The van der Waals surface area contributed by atoms with Crippen LogP contribution in [0.4, 0.5) is 0 Å². The van der Waals surface area contributed by atoms with E-state index in [2.05, 4.69) is 4.90 Å². The fourth-order valence-electron chi connectivity index (χ4n) is 2.82. The summed E-state index contributed by atoms with van der Waals surface area (Å²) in [4.78, 5) is 28.9. The number of halogens is 1. The molecule has 4 nitrogen and oxygen atoms in total. The summed E-state index contributed by atoms with van der Waals surface area (Å²) in [5.41, 5.74) is 0.625. The molecule has 1 aromatic carbocycles. The van der Waals surface area contributed by atoms with E-state index in [0.29, 0.717) is 10.6 Å². The van der Waals surface area contributed by atoms with E-state index in [1.807, 2.05) is 4.90 Å². The lowest BCUT2D eigenvalue weighted by Crippen LogP contribution is -2.42. The topological polar surface area (TPSA) is 40.4 Å². The number of amides is 1. The largest absolute Gasteiger partial charge is 0.341 e. The van der Waals surface area contributed by atoms with Gasteiger partial charge in [-0.15, -0.1) is 0 Å². The minimum Gasteiger partial charge on any atom is -0.341 e. The van der Waals surface area contributed by atoms with Crippen molar-refractivity contribution in [2.75, 3.05) is 26.2 Å². The average Bonchev–Trinajstić information content (AvgIpc) is 3.18. The van der Waals surface area contributed by atoms with Gasteiger partial charge in [0.1, 0.15) is 0 Å². The molecule has 5 heteroatoms. The molecule has 2 aliphatic rings. The number of carbonyl (C=O) groups excluding carboxylic acids is 2. The molecule has 3 rings (SSSR count). The van der Waals surface area contributed by atoms with E-state index in [9.17, 15) is 9.59 Å². The molecule has 0 saturated carbocycles. The van der Waals surface area contributed by atoms with Crippen LogP contribution in [0.15, 0.2) is 24.3 Å². The Morgan fingerprint density at radius 1 is 1.05 bits per heavy atom. The van der Waals surface area contributed by atoms with Crippen molar-refractivity contribution in [3.8, 4) is 0 Å². The molecule has 0 radical (unpaired) electrons. The highest BCUT2D eigenvalue weighted by atomic mass is 35.5. The third-order valence-electron chi connectivity index (χ3n) is 4.17. The molecule has 1 amide bonds. The second kappa shape index (κ2) is 6.16. The van der Waals surface area contributed by atoms with Crippen molar-refractivity contribution >= 4 is 23.3 Å². The van der Waals surface area contributed by atoms with Crippen LogP contribution in [-0.2, 0) is 4.79 Å². The van der Waals surface area contributed by atoms with Gasteiger partial charge in [0.05, 0.1) is 6.04 Å². The number of hydrogen-bond donors (Lipinski definition) is 0. The molecule has 1 atom stereocenters. The van der Waals surface area contributed by atoms with E-state index in [1.54, 1.807) is 24.3 Å². The van der Waals surface area contributed by atoms with Crippen LogP contribution in [0.25, 0.3) is 0 Å². The highest BCUT2D eigenvalue weighted by molar-refractivity contribution is 6.30. The predicted octanol–water partition coefficient (Wildman–Crippen LogP) is 2.22. The zero-order valence-corrected chi connectivity index (χ0v) is 12.7. The smallest absolute Gasteiger partial charge is 0.240 e. The molecule has 2 aliphatic heterocycles. The minimum absolute atomic E-state index is 0.0103. The molecule has 1 unspecified atom stereocenters. The van der Waals surface area contributed by atoms with Gasteiger partial charge in [0.25, 0.3) is 0 Å². The van der Waals surface area contributed by atoms with Gasteiger partial charge >= 0.3 is 0 Å². The van der Waals surface area contributed by atoms with Crippen LogP contribution in [0, 0.1) is 0 Å². The summed E-state index contributed by atoms with van der Waals surface area (Å²) in [5, 5.41) is 0.613. The van der Waals surface area contributed by atoms with Gasteiger partial charge in [-0.3, -0.25) is 14.5 Å². The molecule has 1 aromatic rings. The number of Topliss-reactive ketones (excluding diaryl/α,β-unsaturated/α-hetero) is 1. The number of rotatable bonds is 5. The van der Waals surface area contributed by atoms with Gasteiger partial charge in [-0.1, -0.05) is 11.6 Å². The Hall–Kier alpha value is -1.39. The van der Waals surface area contributed by atoms with Crippen molar-refractivity contribution < 1.29 is 9.59 Å². The van der Waals surface area contributed by atoms with Crippen molar-refractivity contribution in [3.05, 3.63) is 34.9 Å². The summed E-state index contributed by atoms with van der Waals surface area (Å²) in [6.07, 6.45) is 2.41. The lowest BCUT2D eigenvalue weighted by Gasteiger charge is -2.23. The van der Waals surface area contributed by atoms with Gasteiger partial charge in [-0.25, -0.2) is 0 Å². The van der Waals surface area contributed by atoms with Gasteiger partial charge in [-0.2, -0.15) is 0 Å². The normalized spacial score (nSPS) is 19.6. The predicted molar refractivity (Wildman–Crippen MR) is 81.6 cm³/mol. The standard InChI is InChI=1S/C16H19ClN2O2/c17-13-5-3-12(4-6-13)15(20)11-14(18-9-10-18)16(21)19-7-1-2-8-19/h3-6,14H,1-2,7-11H2. The average molecular weight is 307 g/mol. The minimum atomic E-state index is -0.286. The van der Waals surface area contributed by atoms with E-state index in [4.69, 9.17) is 11.6 Å². The summed E-state index contributed by atoms with van der Waals surface area (Å²) in [7, 11) is 0. The van der Waals surface area contributed by atoms with Crippen LogP contribution in [-0.4, -0.2) is 53.7 Å². The molecule has 2 saturated heterocycles. The number of likely N-dealkylation sites (tertiary alicyclic amines) is 1. The molecular weight excluding hydrogens is 288 g/mol. The monoisotopic (exact) mass is 306 g/mol. The molecule has 21 heavy (non-hydrogen) atoms.